The Hall–Kier alpha value is -3.35. The van der Waals surface area contributed by atoms with Crippen LogP contribution in [0.5, 0.6) is 11.5 Å². The molecule has 2 aromatic rings. The fraction of sp³-hybridized carbons (Fsp3) is 0.211. The molecule has 0 bridgehead atoms. The lowest BCUT2D eigenvalue weighted by Crippen LogP contribution is -2.30. The van der Waals surface area contributed by atoms with Gasteiger partial charge in [0.1, 0.15) is 0 Å². The molecule has 3 amide bonds. The molecule has 7 nitrogen and oxygen atoms in total. The van der Waals surface area contributed by atoms with Crippen molar-refractivity contribution in [3.63, 3.8) is 0 Å². The van der Waals surface area contributed by atoms with Crippen LogP contribution in [0.2, 0.25) is 0 Å². The summed E-state index contributed by atoms with van der Waals surface area (Å²) in [6, 6.07) is 8.88. The van der Waals surface area contributed by atoms with Crippen molar-refractivity contribution in [3.8, 4) is 11.5 Å². The molecule has 0 saturated carbocycles. The van der Waals surface area contributed by atoms with Crippen LogP contribution < -0.4 is 10.1 Å². The van der Waals surface area contributed by atoms with Gasteiger partial charge in [-0.1, -0.05) is 6.92 Å². The molecule has 0 atom stereocenters. The molecule has 0 saturated heterocycles. The van der Waals surface area contributed by atoms with E-state index in [9.17, 15) is 19.5 Å². The van der Waals surface area contributed by atoms with Gasteiger partial charge in [0.25, 0.3) is 17.7 Å². The van der Waals surface area contributed by atoms with Crippen LogP contribution in [0.3, 0.4) is 0 Å². The highest BCUT2D eigenvalue weighted by molar-refractivity contribution is 6.22. The summed E-state index contributed by atoms with van der Waals surface area (Å²) in [6.07, 6.45) is 0.666. The predicted octanol–water partition coefficient (Wildman–Crippen LogP) is 2.66. The molecule has 0 aromatic heterocycles. The van der Waals surface area contributed by atoms with Gasteiger partial charge in [0.2, 0.25) is 0 Å². The van der Waals surface area contributed by atoms with E-state index in [0.717, 1.165) is 0 Å². The maximum Gasteiger partial charge on any atom is 0.261 e. The average molecular weight is 354 g/mol. The molecular weight excluding hydrogens is 336 g/mol. The summed E-state index contributed by atoms with van der Waals surface area (Å²) in [5.74, 6) is -0.982. The molecule has 26 heavy (non-hydrogen) atoms. The second-order valence-electron chi connectivity index (χ2n) is 5.86. The normalized spacial score (nSPS) is 12.9. The number of aromatic hydroxyl groups is 1. The van der Waals surface area contributed by atoms with E-state index in [4.69, 9.17) is 4.74 Å². The zero-order valence-electron chi connectivity index (χ0n) is 14.4. The number of nitrogens with zero attached hydrogens (tertiary/aromatic N) is 1. The van der Waals surface area contributed by atoms with Gasteiger partial charge in [-0.25, -0.2) is 0 Å². The van der Waals surface area contributed by atoms with Crippen molar-refractivity contribution in [1.82, 2.24) is 4.90 Å². The number of nitrogens with one attached hydrogen (secondary N) is 1. The number of phenols is 1. The van der Waals surface area contributed by atoms with Crippen LogP contribution in [-0.2, 0) is 0 Å². The SMILES string of the molecule is CCCN1C(=O)c2ccc(C(=O)Nc3ccc(OC)c(O)c3)cc2C1=O. The molecule has 0 radical (unpaired) electrons. The van der Waals surface area contributed by atoms with Gasteiger partial charge in [0.15, 0.2) is 11.5 Å². The Morgan fingerprint density at radius 1 is 1.12 bits per heavy atom. The summed E-state index contributed by atoms with van der Waals surface area (Å²) < 4.78 is 4.95. The van der Waals surface area contributed by atoms with E-state index in [1.165, 1.54) is 42.3 Å². The average Bonchev–Trinajstić information content (AvgIpc) is 2.87. The topological polar surface area (TPSA) is 95.9 Å². The van der Waals surface area contributed by atoms with Crippen molar-refractivity contribution in [2.45, 2.75) is 13.3 Å². The summed E-state index contributed by atoms with van der Waals surface area (Å²) in [6.45, 7) is 2.23. The summed E-state index contributed by atoms with van der Waals surface area (Å²) in [5.41, 5.74) is 1.16. The number of fused-ring (bicyclic) bond motifs is 1. The molecule has 0 fully saturated rings. The standard InChI is InChI=1S/C19H18N2O5/c1-3-8-21-18(24)13-6-4-11(9-14(13)19(21)25)17(23)20-12-5-7-16(26-2)15(22)10-12/h4-7,9-10,22H,3,8H2,1-2H3,(H,20,23). The smallest absolute Gasteiger partial charge is 0.261 e. The van der Waals surface area contributed by atoms with Gasteiger partial charge in [-0.3, -0.25) is 19.3 Å². The lowest BCUT2D eigenvalue weighted by atomic mass is 10.1. The number of hydrogen-bond donors (Lipinski definition) is 2. The minimum atomic E-state index is -0.452. The number of phenolic OH excluding ortho intramolecular Hbond substituents is 1. The second kappa shape index (κ2) is 6.87. The fourth-order valence-corrected chi connectivity index (χ4v) is 2.83. The molecule has 3 rings (SSSR count). The van der Waals surface area contributed by atoms with E-state index in [0.29, 0.717) is 30.0 Å². The van der Waals surface area contributed by atoms with Crippen LogP contribution in [0.15, 0.2) is 36.4 Å². The number of ether oxygens (including phenoxy) is 1. The van der Waals surface area contributed by atoms with Gasteiger partial charge in [0, 0.05) is 23.9 Å². The third-order valence-corrected chi connectivity index (χ3v) is 4.12. The van der Waals surface area contributed by atoms with Gasteiger partial charge in [-0.15, -0.1) is 0 Å². The number of carbonyl (C=O) groups excluding carboxylic acids is 3. The van der Waals surface area contributed by atoms with Crippen molar-refractivity contribution in [3.05, 3.63) is 53.1 Å². The van der Waals surface area contributed by atoms with Crippen molar-refractivity contribution in [2.24, 2.45) is 0 Å². The Morgan fingerprint density at radius 2 is 1.85 bits per heavy atom. The van der Waals surface area contributed by atoms with Crippen molar-refractivity contribution >= 4 is 23.4 Å². The Morgan fingerprint density at radius 3 is 2.50 bits per heavy atom. The molecule has 0 spiro atoms. The number of imide groups is 1. The summed E-state index contributed by atoms with van der Waals surface area (Å²) in [7, 11) is 1.43. The zero-order valence-corrected chi connectivity index (χ0v) is 14.4. The van der Waals surface area contributed by atoms with Crippen molar-refractivity contribution < 1.29 is 24.2 Å². The first kappa shape index (κ1) is 17.5. The molecule has 7 heteroatoms. The number of hydrogen-bond acceptors (Lipinski definition) is 5. The second-order valence-corrected chi connectivity index (χ2v) is 5.86. The number of carbonyl (C=O) groups is 3. The van der Waals surface area contributed by atoms with Crippen LogP contribution in [0.4, 0.5) is 5.69 Å². The number of rotatable bonds is 5. The van der Waals surface area contributed by atoms with Crippen LogP contribution in [0, 0.1) is 0 Å². The Bertz CT molecular complexity index is 907. The molecule has 2 N–H and O–H groups in total. The summed E-state index contributed by atoms with van der Waals surface area (Å²) in [5, 5.41) is 12.4. The van der Waals surface area contributed by atoms with E-state index in [1.807, 2.05) is 6.92 Å². The number of anilines is 1. The first-order valence-electron chi connectivity index (χ1n) is 8.14. The number of amides is 3. The van der Waals surface area contributed by atoms with Crippen LogP contribution in [0.1, 0.15) is 44.4 Å². The van der Waals surface area contributed by atoms with E-state index in [2.05, 4.69) is 5.32 Å². The quantitative estimate of drug-likeness (QED) is 0.805. The Labute approximate surface area is 150 Å². The molecule has 1 heterocycles. The van der Waals surface area contributed by atoms with E-state index in [1.54, 1.807) is 6.07 Å². The van der Waals surface area contributed by atoms with Gasteiger partial charge < -0.3 is 15.2 Å². The Kier molecular flexibility index (Phi) is 4.62. The van der Waals surface area contributed by atoms with Crippen LogP contribution in [-0.4, -0.2) is 41.4 Å². The van der Waals surface area contributed by atoms with Crippen LogP contribution >= 0.6 is 0 Å². The monoisotopic (exact) mass is 354 g/mol. The van der Waals surface area contributed by atoms with Gasteiger partial charge in [-0.05, 0) is 36.8 Å². The highest BCUT2D eigenvalue weighted by Crippen LogP contribution is 2.29. The first-order valence-corrected chi connectivity index (χ1v) is 8.14. The van der Waals surface area contributed by atoms with Gasteiger partial charge in [-0.2, -0.15) is 0 Å². The Balaban J connectivity index is 1.83. The molecule has 2 aromatic carbocycles. The molecular formula is C19H18N2O5. The van der Waals surface area contributed by atoms with E-state index >= 15 is 0 Å². The summed E-state index contributed by atoms with van der Waals surface area (Å²) >= 11 is 0. The minimum Gasteiger partial charge on any atom is -0.504 e. The molecule has 0 unspecified atom stereocenters. The zero-order chi connectivity index (χ0) is 18.8. The highest BCUT2D eigenvalue weighted by Gasteiger charge is 2.35. The summed E-state index contributed by atoms with van der Waals surface area (Å²) in [4.78, 5) is 38.2. The van der Waals surface area contributed by atoms with E-state index < -0.39 is 5.91 Å². The van der Waals surface area contributed by atoms with Gasteiger partial charge in [0.05, 0.1) is 18.2 Å². The lowest BCUT2D eigenvalue weighted by molar-refractivity contribution is 0.0654. The predicted molar refractivity (Wildman–Crippen MR) is 94.7 cm³/mol. The van der Waals surface area contributed by atoms with Gasteiger partial charge >= 0.3 is 0 Å². The van der Waals surface area contributed by atoms with Crippen molar-refractivity contribution in [1.29, 1.82) is 0 Å². The third kappa shape index (κ3) is 2.99. The van der Waals surface area contributed by atoms with E-state index in [-0.39, 0.29) is 28.7 Å². The largest absolute Gasteiger partial charge is 0.504 e. The molecule has 0 aliphatic carbocycles. The third-order valence-electron chi connectivity index (χ3n) is 4.12. The highest BCUT2D eigenvalue weighted by atomic mass is 16.5. The fourth-order valence-electron chi connectivity index (χ4n) is 2.83. The molecule has 1 aliphatic heterocycles. The number of benzene rings is 2. The van der Waals surface area contributed by atoms with Crippen LogP contribution in [0.25, 0.3) is 0 Å². The maximum absolute atomic E-state index is 12.4. The maximum atomic E-state index is 12.4. The minimum absolute atomic E-state index is 0.102. The molecule has 1 aliphatic rings. The first-order chi connectivity index (χ1) is 12.5. The number of methoxy groups -OCH3 is 1. The molecule has 134 valence electrons. The lowest BCUT2D eigenvalue weighted by Gasteiger charge is -2.11. The van der Waals surface area contributed by atoms with Crippen molar-refractivity contribution in [2.75, 3.05) is 19.0 Å².